The molecule has 5 aromatic heterocycles. The molecular formula is C21H13N5. The zero-order chi connectivity index (χ0) is 17.3. The molecule has 5 rings (SSSR count). The lowest BCUT2D eigenvalue weighted by Gasteiger charge is -2.06. The summed E-state index contributed by atoms with van der Waals surface area (Å²) in [7, 11) is 0. The smallest absolute Gasteiger partial charge is 0.0895 e. The second-order valence-electron chi connectivity index (χ2n) is 5.88. The van der Waals surface area contributed by atoms with E-state index >= 15 is 0 Å². The molecule has 0 spiro atoms. The van der Waals surface area contributed by atoms with Gasteiger partial charge in [-0.15, -0.1) is 0 Å². The quantitative estimate of drug-likeness (QED) is 0.481. The van der Waals surface area contributed by atoms with Crippen LogP contribution in [0.15, 0.2) is 79.1 Å². The largest absolute Gasteiger partial charge is 0.255 e. The molecule has 0 bridgehead atoms. The van der Waals surface area contributed by atoms with Gasteiger partial charge in [-0.2, -0.15) is 0 Å². The molecule has 0 unspecified atom stereocenters. The Kier molecular flexibility index (Phi) is 3.35. The fourth-order valence-electron chi connectivity index (χ4n) is 2.92. The topological polar surface area (TPSA) is 64.5 Å². The van der Waals surface area contributed by atoms with Gasteiger partial charge in [-0.1, -0.05) is 6.07 Å². The number of hydrogen-bond acceptors (Lipinski definition) is 5. The maximum Gasteiger partial charge on any atom is 0.0895 e. The Morgan fingerprint density at radius 2 is 0.885 bits per heavy atom. The lowest BCUT2D eigenvalue weighted by atomic mass is 10.1. The van der Waals surface area contributed by atoms with Crippen LogP contribution in [0.3, 0.4) is 0 Å². The van der Waals surface area contributed by atoms with E-state index in [2.05, 4.69) is 19.9 Å². The summed E-state index contributed by atoms with van der Waals surface area (Å²) in [6.45, 7) is 0. The average molecular weight is 335 g/mol. The van der Waals surface area contributed by atoms with Crippen molar-refractivity contribution in [2.75, 3.05) is 0 Å². The molecule has 0 aliphatic heterocycles. The van der Waals surface area contributed by atoms with Crippen LogP contribution in [0.2, 0.25) is 0 Å². The minimum Gasteiger partial charge on any atom is -0.255 e. The monoisotopic (exact) mass is 335 g/mol. The van der Waals surface area contributed by atoms with Crippen LogP contribution in [0.25, 0.3) is 44.8 Å². The Morgan fingerprint density at radius 3 is 1.42 bits per heavy atom. The summed E-state index contributed by atoms with van der Waals surface area (Å²) >= 11 is 0. The molecule has 0 saturated carbocycles. The predicted molar refractivity (Wildman–Crippen MR) is 101 cm³/mol. The molecule has 0 saturated heterocycles. The third kappa shape index (κ3) is 2.56. The maximum absolute atomic E-state index is 4.76. The van der Waals surface area contributed by atoms with Gasteiger partial charge < -0.3 is 0 Å². The lowest BCUT2D eigenvalue weighted by molar-refractivity contribution is 1.24. The van der Waals surface area contributed by atoms with Crippen LogP contribution < -0.4 is 0 Å². The molecule has 0 aliphatic carbocycles. The first-order valence-electron chi connectivity index (χ1n) is 8.28. The first-order valence-corrected chi connectivity index (χ1v) is 8.28. The Labute approximate surface area is 149 Å². The summed E-state index contributed by atoms with van der Waals surface area (Å²) in [5.41, 5.74) is 6.69. The Bertz CT molecular complexity index is 1150. The SMILES string of the molecule is c1cc(-c2ccc3ncccc3n2)nc(-c2ccc3ncccc3n2)c1. The fourth-order valence-corrected chi connectivity index (χ4v) is 2.92. The number of pyridine rings is 5. The molecule has 0 N–H and O–H groups in total. The van der Waals surface area contributed by atoms with Crippen molar-refractivity contribution in [3.63, 3.8) is 0 Å². The van der Waals surface area contributed by atoms with Gasteiger partial charge in [0.25, 0.3) is 0 Å². The fraction of sp³-hybridized carbons (Fsp3) is 0. The van der Waals surface area contributed by atoms with E-state index in [1.165, 1.54) is 0 Å². The van der Waals surface area contributed by atoms with Gasteiger partial charge in [0, 0.05) is 12.4 Å². The van der Waals surface area contributed by atoms with Crippen molar-refractivity contribution >= 4 is 22.1 Å². The van der Waals surface area contributed by atoms with Gasteiger partial charge in [0.05, 0.1) is 44.8 Å². The standard InChI is InChI=1S/C21H13N5/c1-4-18(20-10-8-14-16(24-20)6-2-12-22-14)26-19(5-1)21-11-9-15-17(25-21)7-3-13-23-15/h1-13H. The zero-order valence-electron chi connectivity index (χ0n) is 13.7. The third-order valence-corrected chi connectivity index (χ3v) is 4.19. The van der Waals surface area contributed by atoms with Crippen LogP contribution in [0.4, 0.5) is 0 Å². The van der Waals surface area contributed by atoms with Crippen molar-refractivity contribution in [1.82, 2.24) is 24.9 Å². The molecule has 5 heteroatoms. The molecule has 26 heavy (non-hydrogen) atoms. The highest BCUT2D eigenvalue weighted by Crippen LogP contribution is 2.23. The summed E-state index contributed by atoms with van der Waals surface area (Å²) in [6.07, 6.45) is 3.53. The van der Waals surface area contributed by atoms with Crippen molar-refractivity contribution < 1.29 is 0 Å². The second kappa shape index (κ2) is 5.97. The highest BCUT2D eigenvalue weighted by atomic mass is 14.8. The molecule has 0 radical (unpaired) electrons. The molecule has 5 nitrogen and oxygen atoms in total. The van der Waals surface area contributed by atoms with Crippen molar-refractivity contribution in [3.8, 4) is 22.8 Å². The summed E-state index contributed by atoms with van der Waals surface area (Å²) in [5, 5.41) is 0. The number of rotatable bonds is 2. The Hall–Kier alpha value is -3.73. The molecule has 0 aliphatic rings. The molecule has 0 atom stereocenters. The first kappa shape index (κ1) is 14.6. The van der Waals surface area contributed by atoms with E-state index in [-0.39, 0.29) is 0 Å². The van der Waals surface area contributed by atoms with Gasteiger partial charge in [-0.25, -0.2) is 15.0 Å². The minimum absolute atomic E-state index is 0.807. The molecule has 0 aromatic carbocycles. The zero-order valence-corrected chi connectivity index (χ0v) is 13.7. The first-order chi connectivity index (χ1) is 12.9. The van der Waals surface area contributed by atoms with Gasteiger partial charge in [-0.3, -0.25) is 9.97 Å². The summed E-state index contributed by atoms with van der Waals surface area (Å²) in [6, 6.07) is 21.4. The third-order valence-electron chi connectivity index (χ3n) is 4.19. The number of aromatic nitrogens is 5. The predicted octanol–water partition coefficient (Wildman–Crippen LogP) is 4.30. The Morgan fingerprint density at radius 1 is 0.385 bits per heavy atom. The van der Waals surface area contributed by atoms with E-state index in [1.54, 1.807) is 12.4 Å². The van der Waals surface area contributed by atoms with Gasteiger partial charge in [0.1, 0.15) is 0 Å². The highest BCUT2D eigenvalue weighted by molar-refractivity contribution is 5.79. The molecule has 0 fully saturated rings. The molecule has 122 valence electrons. The minimum atomic E-state index is 0.807. The van der Waals surface area contributed by atoms with E-state index in [1.807, 2.05) is 66.7 Å². The second-order valence-corrected chi connectivity index (χ2v) is 5.88. The van der Waals surface area contributed by atoms with Crippen molar-refractivity contribution in [3.05, 3.63) is 79.1 Å². The van der Waals surface area contributed by atoms with Crippen molar-refractivity contribution in [1.29, 1.82) is 0 Å². The van der Waals surface area contributed by atoms with Crippen molar-refractivity contribution in [2.24, 2.45) is 0 Å². The molecule has 5 aromatic rings. The highest BCUT2D eigenvalue weighted by Gasteiger charge is 2.08. The molecular weight excluding hydrogens is 322 g/mol. The van der Waals surface area contributed by atoms with Crippen LogP contribution in [0.5, 0.6) is 0 Å². The van der Waals surface area contributed by atoms with Crippen LogP contribution in [0, 0.1) is 0 Å². The number of hydrogen-bond donors (Lipinski definition) is 0. The van der Waals surface area contributed by atoms with Crippen molar-refractivity contribution in [2.45, 2.75) is 0 Å². The van der Waals surface area contributed by atoms with E-state index in [0.717, 1.165) is 44.8 Å². The van der Waals surface area contributed by atoms with E-state index < -0.39 is 0 Å². The lowest BCUT2D eigenvalue weighted by Crippen LogP contribution is -1.93. The summed E-state index contributed by atoms with van der Waals surface area (Å²) in [4.78, 5) is 22.7. The molecule has 5 heterocycles. The maximum atomic E-state index is 4.76. The van der Waals surface area contributed by atoms with Gasteiger partial charge in [-0.05, 0) is 60.7 Å². The summed E-state index contributed by atoms with van der Waals surface area (Å²) < 4.78 is 0. The van der Waals surface area contributed by atoms with Gasteiger partial charge in [0.2, 0.25) is 0 Å². The van der Waals surface area contributed by atoms with Crippen LogP contribution >= 0.6 is 0 Å². The van der Waals surface area contributed by atoms with Gasteiger partial charge in [0.15, 0.2) is 0 Å². The van der Waals surface area contributed by atoms with Gasteiger partial charge >= 0.3 is 0 Å². The van der Waals surface area contributed by atoms with E-state index in [4.69, 9.17) is 4.98 Å². The van der Waals surface area contributed by atoms with E-state index in [9.17, 15) is 0 Å². The van der Waals surface area contributed by atoms with Crippen LogP contribution in [0.1, 0.15) is 0 Å². The molecule has 0 amide bonds. The Balaban J connectivity index is 1.60. The number of nitrogens with zero attached hydrogens (tertiary/aromatic N) is 5. The van der Waals surface area contributed by atoms with E-state index in [0.29, 0.717) is 0 Å². The normalized spacial score (nSPS) is 11.1. The van der Waals surface area contributed by atoms with Crippen LogP contribution in [-0.2, 0) is 0 Å². The van der Waals surface area contributed by atoms with Crippen LogP contribution in [-0.4, -0.2) is 24.9 Å². The average Bonchev–Trinajstić information content (AvgIpc) is 2.73. The summed E-state index contributed by atoms with van der Waals surface area (Å²) in [5.74, 6) is 0. The number of fused-ring (bicyclic) bond motifs is 2.